The highest BCUT2D eigenvalue weighted by atomic mass is 16.6. The topological polar surface area (TPSA) is 74.7 Å². The lowest BCUT2D eigenvalue weighted by atomic mass is 10.0. The first-order chi connectivity index (χ1) is 9.49. The van der Waals surface area contributed by atoms with Crippen molar-refractivity contribution in [2.24, 2.45) is 0 Å². The number of nitrogens with zero attached hydrogens (tertiary/aromatic N) is 1. The molecule has 0 bridgehead atoms. The van der Waals surface area contributed by atoms with Crippen molar-refractivity contribution in [1.82, 2.24) is 0 Å². The average Bonchev–Trinajstić information content (AvgIpc) is 2.71. The van der Waals surface area contributed by atoms with E-state index in [0.717, 1.165) is 22.9 Å². The van der Waals surface area contributed by atoms with Crippen LogP contribution in [0.3, 0.4) is 0 Å². The number of ether oxygens (including phenoxy) is 2. The molecule has 0 fully saturated rings. The molecule has 6 heteroatoms. The second kappa shape index (κ2) is 5.24. The first-order valence-electron chi connectivity index (χ1n) is 5.96. The van der Waals surface area contributed by atoms with E-state index in [1.54, 1.807) is 6.07 Å². The normalized spacial score (nSPS) is 11.2. The Morgan fingerprint density at radius 1 is 1.30 bits per heavy atom. The predicted octanol–water partition coefficient (Wildman–Crippen LogP) is 3.31. The van der Waals surface area contributed by atoms with Crippen molar-refractivity contribution in [2.75, 3.05) is 14.2 Å². The van der Waals surface area contributed by atoms with Crippen molar-refractivity contribution in [3.8, 4) is 11.5 Å². The number of fused-ring (bicyclic) bond motifs is 1. The minimum atomic E-state index is -0.509. The summed E-state index contributed by atoms with van der Waals surface area (Å²) in [6.07, 6.45) is 2.31. The van der Waals surface area contributed by atoms with Crippen LogP contribution in [0.5, 0.6) is 11.5 Å². The molecular weight excluding hydrogens is 262 g/mol. The van der Waals surface area contributed by atoms with Gasteiger partial charge in [0.1, 0.15) is 5.76 Å². The molecule has 0 aliphatic heterocycles. The molecule has 0 N–H and O–H groups in total. The SMILES string of the molecule is COc1cc(/C=C/[N+](=O)[O-])c2c(C)c(C)oc2c1OC. The molecule has 106 valence electrons. The van der Waals surface area contributed by atoms with E-state index in [-0.39, 0.29) is 0 Å². The van der Waals surface area contributed by atoms with Gasteiger partial charge in [0.15, 0.2) is 11.3 Å². The van der Waals surface area contributed by atoms with E-state index in [1.807, 2.05) is 13.8 Å². The average molecular weight is 277 g/mol. The van der Waals surface area contributed by atoms with Gasteiger partial charge in [0.2, 0.25) is 11.9 Å². The fourth-order valence-corrected chi connectivity index (χ4v) is 2.14. The van der Waals surface area contributed by atoms with E-state index in [4.69, 9.17) is 13.9 Å². The predicted molar refractivity (Wildman–Crippen MR) is 74.8 cm³/mol. The maximum Gasteiger partial charge on any atom is 0.235 e. The molecule has 0 saturated heterocycles. The number of methoxy groups -OCH3 is 2. The molecule has 20 heavy (non-hydrogen) atoms. The van der Waals surface area contributed by atoms with Crippen LogP contribution >= 0.6 is 0 Å². The number of hydrogen-bond donors (Lipinski definition) is 0. The van der Waals surface area contributed by atoms with Crippen molar-refractivity contribution in [3.05, 3.63) is 39.3 Å². The quantitative estimate of drug-likeness (QED) is 0.633. The summed E-state index contributed by atoms with van der Waals surface area (Å²) in [4.78, 5) is 10.0. The summed E-state index contributed by atoms with van der Waals surface area (Å²) in [6, 6.07) is 1.70. The first kappa shape index (κ1) is 13.9. The minimum Gasteiger partial charge on any atom is -0.493 e. The highest BCUT2D eigenvalue weighted by molar-refractivity contribution is 5.96. The van der Waals surface area contributed by atoms with Gasteiger partial charge in [-0.15, -0.1) is 0 Å². The lowest BCUT2D eigenvalue weighted by Gasteiger charge is -2.09. The van der Waals surface area contributed by atoms with Crippen molar-refractivity contribution >= 4 is 17.0 Å². The first-order valence-corrected chi connectivity index (χ1v) is 5.96. The minimum absolute atomic E-state index is 0.469. The molecule has 1 heterocycles. The zero-order valence-electron chi connectivity index (χ0n) is 11.7. The summed E-state index contributed by atoms with van der Waals surface area (Å²) in [7, 11) is 3.03. The van der Waals surface area contributed by atoms with Gasteiger partial charge in [0.05, 0.1) is 19.1 Å². The van der Waals surface area contributed by atoms with E-state index >= 15 is 0 Å². The van der Waals surface area contributed by atoms with Crippen LogP contribution in [-0.2, 0) is 0 Å². The summed E-state index contributed by atoms with van der Waals surface area (Å²) in [6.45, 7) is 3.73. The number of nitro groups is 1. The van der Waals surface area contributed by atoms with E-state index in [2.05, 4.69) is 0 Å². The Hall–Kier alpha value is -2.50. The molecule has 0 spiro atoms. The largest absolute Gasteiger partial charge is 0.493 e. The summed E-state index contributed by atoms with van der Waals surface area (Å²) in [5.41, 5.74) is 2.11. The Labute approximate surface area is 115 Å². The smallest absolute Gasteiger partial charge is 0.235 e. The van der Waals surface area contributed by atoms with Gasteiger partial charge >= 0.3 is 0 Å². The summed E-state index contributed by atoms with van der Waals surface area (Å²) < 4.78 is 16.3. The van der Waals surface area contributed by atoms with Crippen LogP contribution in [-0.4, -0.2) is 19.1 Å². The number of aryl methyl sites for hydroxylation is 2. The fourth-order valence-electron chi connectivity index (χ4n) is 2.14. The van der Waals surface area contributed by atoms with Crippen LogP contribution < -0.4 is 9.47 Å². The van der Waals surface area contributed by atoms with Crippen molar-refractivity contribution in [3.63, 3.8) is 0 Å². The van der Waals surface area contributed by atoms with Gasteiger partial charge in [0, 0.05) is 11.5 Å². The van der Waals surface area contributed by atoms with Crippen molar-refractivity contribution < 1.29 is 18.8 Å². The number of rotatable bonds is 4. The zero-order valence-corrected chi connectivity index (χ0v) is 11.7. The highest BCUT2D eigenvalue weighted by Gasteiger charge is 2.19. The van der Waals surface area contributed by atoms with Crippen LogP contribution in [0.25, 0.3) is 17.0 Å². The van der Waals surface area contributed by atoms with Crippen LogP contribution in [0.15, 0.2) is 16.7 Å². The van der Waals surface area contributed by atoms with Crippen molar-refractivity contribution in [1.29, 1.82) is 0 Å². The molecule has 1 aromatic carbocycles. The molecule has 0 saturated carbocycles. The third-order valence-corrected chi connectivity index (χ3v) is 3.19. The van der Waals surface area contributed by atoms with E-state index in [9.17, 15) is 10.1 Å². The molecule has 0 atom stereocenters. The van der Waals surface area contributed by atoms with Gasteiger partial charge in [-0.1, -0.05) is 0 Å². The fraction of sp³-hybridized carbons (Fsp3) is 0.286. The third kappa shape index (κ3) is 2.20. The van der Waals surface area contributed by atoms with Crippen LogP contribution in [0.4, 0.5) is 0 Å². The number of hydrogen-bond acceptors (Lipinski definition) is 5. The van der Waals surface area contributed by atoms with Gasteiger partial charge < -0.3 is 13.9 Å². The summed E-state index contributed by atoms with van der Waals surface area (Å²) >= 11 is 0. The summed E-state index contributed by atoms with van der Waals surface area (Å²) in [5.74, 6) is 1.69. The lowest BCUT2D eigenvalue weighted by molar-refractivity contribution is -0.400. The molecule has 0 unspecified atom stereocenters. The molecule has 0 aliphatic carbocycles. The Balaban J connectivity index is 2.83. The Bertz CT molecular complexity index is 699. The van der Waals surface area contributed by atoms with Gasteiger partial charge in [-0.2, -0.15) is 0 Å². The maximum atomic E-state index is 10.5. The van der Waals surface area contributed by atoms with Gasteiger partial charge in [-0.25, -0.2) is 0 Å². The molecule has 0 radical (unpaired) electrons. The number of furan rings is 1. The van der Waals surface area contributed by atoms with E-state index in [1.165, 1.54) is 20.3 Å². The van der Waals surface area contributed by atoms with Gasteiger partial charge in [0.25, 0.3) is 0 Å². The molecule has 2 rings (SSSR count). The van der Waals surface area contributed by atoms with Crippen LogP contribution in [0.1, 0.15) is 16.9 Å². The standard InChI is InChI=1S/C14H15NO5/c1-8-9(2)20-14-12(8)10(5-6-15(16)17)7-11(18-3)13(14)19-4/h5-7H,1-4H3/b6-5+. The summed E-state index contributed by atoms with van der Waals surface area (Å²) in [5, 5.41) is 11.3. The highest BCUT2D eigenvalue weighted by Crippen LogP contribution is 2.41. The van der Waals surface area contributed by atoms with Gasteiger partial charge in [-0.05, 0) is 31.0 Å². The Kier molecular flexibility index (Phi) is 3.65. The lowest BCUT2D eigenvalue weighted by Crippen LogP contribution is -1.93. The van der Waals surface area contributed by atoms with E-state index < -0.39 is 4.92 Å². The monoisotopic (exact) mass is 277 g/mol. The zero-order chi connectivity index (χ0) is 14.9. The van der Waals surface area contributed by atoms with Crippen LogP contribution in [0.2, 0.25) is 0 Å². The molecule has 2 aromatic rings. The number of benzene rings is 1. The maximum absolute atomic E-state index is 10.5. The Morgan fingerprint density at radius 3 is 2.55 bits per heavy atom. The molecular formula is C14H15NO5. The van der Waals surface area contributed by atoms with Gasteiger partial charge in [-0.3, -0.25) is 10.1 Å². The van der Waals surface area contributed by atoms with Crippen molar-refractivity contribution in [2.45, 2.75) is 13.8 Å². The second-order valence-corrected chi connectivity index (χ2v) is 4.29. The second-order valence-electron chi connectivity index (χ2n) is 4.29. The molecule has 6 nitrogen and oxygen atoms in total. The Morgan fingerprint density at radius 2 is 2.00 bits per heavy atom. The van der Waals surface area contributed by atoms with E-state index in [0.29, 0.717) is 22.6 Å². The van der Waals surface area contributed by atoms with Crippen LogP contribution in [0, 0.1) is 24.0 Å². The molecule has 0 aliphatic rings. The molecule has 0 amide bonds. The molecule has 1 aromatic heterocycles. The third-order valence-electron chi connectivity index (χ3n) is 3.19.